The Kier molecular flexibility index (Phi) is 6.01. The molecule has 3 rings (SSSR count). The van der Waals surface area contributed by atoms with Crippen LogP contribution in [0.3, 0.4) is 0 Å². The summed E-state index contributed by atoms with van der Waals surface area (Å²) in [6.45, 7) is 1.92. The van der Waals surface area contributed by atoms with Crippen molar-refractivity contribution < 1.29 is 19.1 Å². The first-order valence-electron chi connectivity index (χ1n) is 8.80. The molecular weight excluding hydrogens is 356 g/mol. The lowest BCUT2D eigenvalue weighted by atomic mass is 10.1. The Labute approximate surface area is 163 Å². The molecule has 2 aromatic carbocycles. The van der Waals surface area contributed by atoms with E-state index in [1.807, 2.05) is 61.5 Å². The molecule has 6 nitrogen and oxygen atoms in total. The van der Waals surface area contributed by atoms with Crippen molar-refractivity contribution in [2.45, 2.75) is 13.5 Å². The number of esters is 1. The summed E-state index contributed by atoms with van der Waals surface area (Å²) in [5.41, 5.74) is 2.93. The van der Waals surface area contributed by atoms with Crippen LogP contribution in [0.1, 0.15) is 21.5 Å². The number of ether oxygens (including phenoxy) is 1. The standard InChI is InChI=1S/C22H20N2O4/c1-17-6-5-9-20(14-17)24(15-18-7-3-2-4-8-18)21(25)16-28-22(26)19-10-12-23(27)13-11-19/h2-14H,15-16H2,1H3. The Hall–Kier alpha value is -3.67. The number of benzene rings is 2. The zero-order valence-corrected chi connectivity index (χ0v) is 15.4. The van der Waals surface area contributed by atoms with E-state index in [9.17, 15) is 14.8 Å². The van der Waals surface area contributed by atoms with Crippen LogP contribution in [0.2, 0.25) is 0 Å². The van der Waals surface area contributed by atoms with Gasteiger partial charge < -0.3 is 14.8 Å². The van der Waals surface area contributed by atoms with Crippen molar-refractivity contribution in [2.24, 2.45) is 0 Å². The second kappa shape index (κ2) is 8.81. The zero-order valence-electron chi connectivity index (χ0n) is 15.4. The van der Waals surface area contributed by atoms with Gasteiger partial charge in [0.15, 0.2) is 19.0 Å². The minimum Gasteiger partial charge on any atom is -0.619 e. The van der Waals surface area contributed by atoms with Gasteiger partial charge in [-0.2, -0.15) is 4.73 Å². The van der Waals surface area contributed by atoms with Gasteiger partial charge in [-0.05, 0) is 30.2 Å². The van der Waals surface area contributed by atoms with E-state index in [0.29, 0.717) is 11.3 Å². The quantitative estimate of drug-likeness (QED) is 0.377. The number of aromatic nitrogens is 1. The number of rotatable bonds is 6. The molecule has 1 heterocycles. The lowest BCUT2D eigenvalue weighted by Crippen LogP contribution is -2.34. The Bertz CT molecular complexity index is 956. The summed E-state index contributed by atoms with van der Waals surface area (Å²) in [7, 11) is 0. The maximum absolute atomic E-state index is 12.8. The molecule has 0 spiro atoms. The molecule has 0 aliphatic rings. The van der Waals surface area contributed by atoms with Gasteiger partial charge in [0.2, 0.25) is 0 Å². The molecule has 6 heteroatoms. The van der Waals surface area contributed by atoms with Crippen molar-refractivity contribution >= 4 is 17.6 Å². The van der Waals surface area contributed by atoms with Crippen molar-refractivity contribution in [3.63, 3.8) is 0 Å². The predicted octanol–water partition coefficient (Wildman–Crippen LogP) is 3.02. The van der Waals surface area contributed by atoms with Crippen LogP contribution in [0.5, 0.6) is 0 Å². The number of pyridine rings is 1. The van der Waals surface area contributed by atoms with E-state index in [-0.39, 0.29) is 11.5 Å². The van der Waals surface area contributed by atoms with Crippen LogP contribution in [-0.2, 0) is 16.1 Å². The SMILES string of the molecule is Cc1cccc(N(Cc2ccccc2)C(=O)COC(=O)c2cc[n+]([O-])cc2)c1. The Morgan fingerprint density at radius 1 is 1.00 bits per heavy atom. The van der Waals surface area contributed by atoms with Crippen molar-refractivity contribution in [3.8, 4) is 0 Å². The summed E-state index contributed by atoms with van der Waals surface area (Å²) in [6.07, 6.45) is 2.40. The number of hydrogen-bond acceptors (Lipinski definition) is 4. The van der Waals surface area contributed by atoms with Crippen LogP contribution < -0.4 is 9.63 Å². The van der Waals surface area contributed by atoms with E-state index in [1.54, 1.807) is 4.90 Å². The van der Waals surface area contributed by atoms with Gasteiger partial charge in [-0.1, -0.05) is 42.5 Å². The molecular formula is C22H20N2O4. The van der Waals surface area contributed by atoms with E-state index in [1.165, 1.54) is 24.5 Å². The van der Waals surface area contributed by atoms with Gasteiger partial charge >= 0.3 is 5.97 Å². The molecule has 3 aromatic rings. The fourth-order valence-corrected chi connectivity index (χ4v) is 2.72. The van der Waals surface area contributed by atoms with E-state index in [4.69, 9.17) is 4.74 Å². The minimum atomic E-state index is -0.655. The Morgan fingerprint density at radius 2 is 1.71 bits per heavy atom. The fourth-order valence-electron chi connectivity index (χ4n) is 2.72. The van der Waals surface area contributed by atoms with Crippen molar-refractivity contribution in [1.29, 1.82) is 0 Å². The third-order valence-electron chi connectivity index (χ3n) is 4.16. The molecule has 0 N–H and O–H groups in total. The molecule has 0 saturated carbocycles. The summed E-state index contributed by atoms with van der Waals surface area (Å²) in [5, 5.41) is 11.1. The first-order valence-corrected chi connectivity index (χ1v) is 8.80. The van der Waals surface area contributed by atoms with Crippen LogP contribution in [0.25, 0.3) is 0 Å². The second-order valence-corrected chi connectivity index (χ2v) is 6.33. The Morgan fingerprint density at radius 3 is 2.39 bits per heavy atom. The topological polar surface area (TPSA) is 73.5 Å². The molecule has 142 valence electrons. The number of nitrogens with zero attached hydrogens (tertiary/aromatic N) is 2. The molecule has 0 bridgehead atoms. The lowest BCUT2D eigenvalue weighted by molar-refractivity contribution is -0.605. The average Bonchev–Trinajstić information content (AvgIpc) is 2.71. The normalized spacial score (nSPS) is 10.3. The first-order chi connectivity index (χ1) is 13.5. The summed E-state index contributed by atoms with van der Waals surface area (Å²) >= 11 is 0. The van der Waals surface area contributed by atoms with Crippen molar-refractivity contribution in [1.82, 2.24) is 0 Å². The monoisotopic (exact) mass is 376 g/mol. The van der Waals surface area contributed by atoms with Gasteiger partial charge in [-0.25, -0.2) is 4.79 Å². The summed E-state index contributed by atoms with van der Waals surface area (Å²) in [4.78, 5) is 26.6. The number of hydrogen-bond donors (Lipinski definition) is 0. The Balaban J connectivity index is 1.74. The molecule has 0 radical (unpaired) electrons. The fraction of sp³-hybridized carbons (Fsp3) is 0.136. The van der Waals surface area contributed by atoms with Gasteiger partial charge in [0.25, 0.3) is 5.91 Å². The molecule has 28 heavy (non-hydrogen) atoms. The number of carbonyl (C=O) groups is 2. The zero-order chi connectivity index (χ0) is 19.9. The molecule has 0 aliphatic heterocycles. The maximum atomic E-state index is 12.8. The first kappa shape index (κ1) is 19.1. The number of amides is 1. The van der Waals surface area contributed by atoms with Crippen LogP contribution in [0.4, 0.5) is 5.69 Å². The molecule has 0 aliphatic carbocycles. The highest BCUT2D eigenvalue weighted by atomic mass is 16.5. The largest absolute Gasteiger partial charge is 0.619 e. The van der Waals surface area contributed by atoms with Gasteiger partial charge in [-0.3, -0.25) is 4.79 Å². The smallest absolute Gasteiger partial charge is 0.339 e. The molecule has 1 aromatic heterocycles. The highest BCUT2D eigenvalue weighted by molar-refractivity contribution is 5.97. The molecule has 0 saturated heterocycles. The second-order valence-electron chi connectivity index (χ2n) is 6.33. The molecule has 0 unspecified atom stereocenters. The third-order valence-corrected chi connectivity index (χ3v) is 4.16. The highest BCUT2D eigenvalue weighted by Gasteiger charge is 2.19. The number of anilines is 1. The molecule has 1 amide bonds. The van der Waals surface area contributed by atoms with Crippen LogP contribution in [-0.4, -0.2) is 18.5 Å². The highest BCUT2D eigenvalue weighted by Crippen LogP contribution is 2.19. The van der Waals surface area contributed by atoms with E-state index in [2.05, 4.69) is 0 Å². The number of carbonyl (C=O) groups excluding carboxylic acids is 2. The number of aryl methyl sites for hydroxylation is 1. The summed E-state index contributed by atoms with van der Waals surface area (Å²) < 4.78 is 5.73. The predicted molar refractivity (Wildman–Crippen MR) is 104 cm³/mol. The van der Waals surface area contributed by atoms with E-state index < -0.39 is 12.6 Å². The van der Waals surface area contributed by atoms with Crippen molar-refractivity contribution in [2.75, 3.05) is 11.5 Å². The van der Waals surface area contributed by atoms with E-state index in [0.717, 1.165) is 16.8 Å². The van der Waals surface area contributed by atoms with Crippen molar-refractivity contribution in [3.05, 3.63) is 101 Å². The van der Waals surface area contributed by atoms with Gasteiger partial charge in [0, 0.05) is 17.8 Å². The summed E-state index contributed by atoms with van der Waals surface area (Å²) in [6, 6.07) is 19.9. The van der Waals surface area contributed by atoms with Crippen LogP contribution in [0.15, 0.2) is 79.1 Å². The van der Waals surface area contributed by atoms with Gasteiger partial charge in [-0.15, -0.1) is 0 Å². The van der Waals surface area contributed by atoms with Crippen LogP contribution >= 0.6 is 0 Å². The van der Waals surface area contributed by atoms with E-state index >= 15 is 0 Å². The van der Waals surface area contributed by atoms with Gasteiger partial charge in [0.05, 0.1) is 12.1 Å². The minimum absolute atomic E-state index is 0.213. The van der Waals surface area contributed by atoms with Gasteiger partial charge in [0.1, 0.15) is 0 Å². The maximum Gasteiger partial charge on any atom is 0.339 e. The van der Waals surface area contributed by atoms with Crippen LogP contribution in [0, 0.1) is 12.1 Å². The molecule has 0 atom stereocenters. The summed E-state index contributed by atoms with van der Waals surface area (Å²) in [5.74, 6) is -0.990. The lowest BCUT2D eigenvalue weighted by Gasteiger charge is -2.23. The molecule has 0 fully saturated rings. The average molecular weight is 376 g/mol. The third kappa shape index (κ3) is 4.94.